The molecule has 1 aliphatic rings. The van der Waals surface area contributed by atoms with Crippen LogP contribution in [0.1, 0.15) is 58.9 Å². The monoisotopic (exact) mass is 365 g/mol. The molecule has 0 radical (unpaired) electrons. The minimum Gasteiger partial charge on any atom is -0.478 e. The van der Waals surface area contributed by atoms with Crippen LogP contribution in [0.5, 0.6) is 0 Å². The van der Waals surface area contributed by atoms with Gasteiger partial charge in [-0.25, -0.2) is 4.79 Å². The van der Waals surface area contributed by atoms with Crippen LogP contribution in [-0.2, 0) is 23.1 Å². The Morgan fingerprint density at radius 2 is 1.92 bits per heavy atom. The first kappa shape index (κ1) is 20.4. The number of nitrogens with zero attached hydrogens (tertiary/aromatic N) is 3. The second kappa shape index (κ2) is 8.66. The molecule has 146 valence electrons. The van der Waals surface area contributed by atoms with Gasteiger partial charge in [-0.3, -0.25) is 13.9 Å². The maximum atomic E-state index is 13.0. The number of fused-ring (bicyclic) bond motifs is 1. The normalized spacial score (nSPS) is 19.4. The van der Waals surface area contributed by atoms with Crippen LogP contribution in [0, 0.1) is 5.92 Å². The molecular weight excluding hydrogens is 334 g/mol. The number of aromatic nitrogens is 2. The summed E-state index contributed by atoms with van der Waals surface area (Å²) in [5.41, 5.74) is 0.0180. The van der Waals surface area contributed by atoms with Crippen molar-refractivity contribution in [3.05, 3.63) is 26.4 Å². The van der Waals surface area contributed by atoms with Crippen molar-refractivity contribution >= 4 is 11.7 Å². The van der Waals surface area contributed by atoms with Gasteiger partial charge in [-0.2, -0.15) is 4.99 Å². The fraction of sp³-hybridized carbons (Fsp3) is 0.737. The predicted molar refractivity (Wildman–Crippen MR) is 103 cm³/mol. The fourth-order valence-electron chi connectivity index (χ4n) is 3.47. The molecule has 7 heteroatoms. The van der Waals surface area contributed by atoms with Gasteiger partial charge < -0.3 is 9.47 Å². The van der Waals surface area contributed by atoms with E-state index in [4.69, 9.17) is 9.47 Å². The Balaban J connectivity index is 2.53. The molecule has 2 atom stereocenters. The molecule has 0 spiro atoms. The van der Waals surface area contributed by atoms with Gasteiger partial charge in [-0.15, -0.1) is 0 Å². The smallest absolute Gasteiger partial charge is 0.332 e. The average molecular weight is 365 g/mol. The Hall–Kier alpha value is -1.89. The van der Waals surface area contributed by atoms with Crippen molar-refractivity contribution in [3.8, 4) is 0 Å². The number of aliphatic imine (C=N–C) groups is 1. The van der Waals surface area contributed by atoms with Gasteiger partial charge in [0.25, 0.3) is 5.56 Å². The quantitative estimate of drug-likeness (QED) is 0.696. The first-order chi connectivity index (χ1) is 12.3. The topological polar surface area (TPSA) is 74.8 Å². The van der Waals surface area contributed by atoms with Crippen molar-refractivity contribution in [1.29, 1.82) is 0 Å². The van der Waals surface area contributed by atoms with E-state index in [-0.39, 0.29) is 29.2 Å². The molecule has 2 rings (SSSR count). The molecule has 26 heavy (non-hydrogen) atoms. The molecule has 0 aromatic carbocycles. The maximum absolute atomic E-state index is 13.0. The van der Waals surface area contributed by atoms with Gasteiger partial charge in [0.15, 0.2) is 5.90 Å². The van der Waals surface area contributed by atoms with Crippen LogP contribution in [-0.4, -0.2) is 34.3 Å². The molecular formula is C19H31N3O4. The highest BCUT2D eigenvalue weighted by atomic mass is 16.5. The van der Waals surface area contributed by atoms with Crippen molar-refractivity contribution in [3.63, 3.8) is 0 Å². The highest BCUT2D eigenvalue weighted by molar-refractivity contribution is 5.85. The average Bonchev–Trinajstić information content (AvgIpc) is 2.58. The zero-order valence-corrected chi connectivity index (χ0v) is 16.7. The van der Waals surface area contributed by atoms with Gasteiger partial charge in [0.05, 0.1) is 11.7 Å². The van der Waals surface area contributed by atoms with Crippen LogP contribution in [0.15, 0.2) is 14.6 Å². The van der Waals surface area contributed by atoms with Gasteiger partial charge in [0.2, 0.25) is 0 Å². The van der Waals surface area contributed by atoms with Gasteiger partial charge >= 0.3 is 5.69 Å². The Labute approximate surface area is 154 Å². The zero-order valence-electron chi connectivity index (χ0n) is 16.7. The predicted octanol–water partition coefficient (Wildman–Crippen LogP) is 2.57. The largest absolute Gasteiger partial charge is 0.478 e. The second-order valence-corrected chi connectivity index (χ2v) is 7.01. The van der Waals surface area contributed by atoms with Crippen LogP contribution in [0.2, 0.25) is 0 Å². The lowest BCUT2D eigenvalue weighted by molar-refractivity contribution is 0.141. The van der Waals surface area contributed by atoms with Crippen molar-refractivity contribution in [1.82, 2.24) is 9.13 Å². The van der Waals surface area contributed by atoms with E-state index in [2.05, 4.69) is 11.9 Å². The lowest BCUT2D eigenvalue weighted by Crippen LogP contribution is -2.44. The molecule has 0 aliphatic carbocycles. The molecule has 0 saturated carbocycles. The first-order valence-corrected chi connectivity index (χ1v) is 9.50. The van der Waals surface area contributed by atoms with Gasteiger partial charge in [0.1, 0.15) is 5.82 Å². The van der Waals surface area contributed by atoms with E-state index in [0.717, 1.165) is 6.42 Å². The molecule has 2 unspecified atom stereocenters. The Kier molecular flexibility index (Phi) is 6.81. The molecule has 0 N–H and O–H groups in total. The molecule has 2 heterocycles. The van der Waals surface area contributed by atoms with E-state index in [1.54, 1.807) is 7.05 Å². The first-order valence-electron chi connectivity index (χ1n) is 9.50. The maximum Gasteiger partial charge on any atom is 0.332 e. The minimum absolute atomic E-state index is 0.00693. The SMILES string of the molecule is CCOCCCn1c(=O)c2c(n(C)c1=O)N=C(OC(C)C)C(CC)C2C. The van der Waals surface area contributed by atoms with Crippen LogP contribution in [0.25, 0.3) is 0 Å². The van der Waals surface area contributed by atoms with E-state index >= 15 is 0 Å². The van der Waals surface area contributed by atoms with E-state index < -0.39 is 0 Å². The second-order valence-electron chi connectivity index (χ2n) is 7.01. The molecule has 7 nitrogen and oxygen atoms in total. The van der Waals surface area contributed by atoms with Crippen molar-refractivity contribution in [2.24, 2.45) is 18.0 Å². The molecule has 1 aromatic rings. The third-order valence-electron chi connectivity index (χ3n) is 4.81. The fourth-order valence-corrected chi connectivity index (χ4v) is 3.47. The Morgan fingerprint density at radius 3 is 2.50 bits per heavy atom. The summed E-state index contributed by atoms with van der Waals surface area (Å²) in [6.45, 7) is 11.4. The summed E-state index contributed by atoms with van der Waals surface area (Å²) < 4.78 is 14.0. The van der Waals surface area contributed by atoms with Gasteiger partial charge in [-0.05, 0) is 33.6 Å². The van der Waals surface area contributed by atoms with Crippen molar-refractivity contribution in [2.75, 3.05) is 13.2 Å². The third kappa shape index (κ3) is 3.92. The summed E-state index contributed by atoms with van der Waals surface area (Å²) in [5.74, 6) is 1.02. The molecule has 1 aromatic heterocycles. The summed E-state index contributed by atoms with van der Waals surface area (Å²) in [7, 11) is 1.66. The number of ether oxygens (including phenoxy) is 2. The summed E-state index contributed by atoms with van der Waals surface area (Å²) in [5, 5.41) is 0. The van der Waals surface area contributed by atoms with Crippen LogP contribution in [0.4, 0.5) is 5.82 Å². The highest BCUT2D eigenvalue weighted by Gasteiger charge is 2.35. The van der Waals surface area contributed by atoms with Crippen molar-refractivity contribution < 1.29 is 9.47 Å². The molecule has 0 saturated heterocycles. The van der Waals surface area contributed by atoms with Crippen molar-refractivity contribution in [2.45, 2.75) is 66.0 Å². The highest BCUT2D eigenvalue weighted by Crippen LogP contribution is 2.37. The molecule has 0 fully saturated rings. The lowest BCUT2D eigenvalue weighted by Gasteiger charge is -2.31. The van der Waals surface area contributed by atoms with Crippen LogP contribution >= 0.6 is 0 Å². The standard InChI is InChI=1S/C19H31N3O4/c1-7-14-13(5)15-16(20-17(14)26-12(3)4)21(6)19(24)22(18(15)23)10-9-11-25-8-2/h12-14H,7-11H2,1-6H3. The van der Waals surface area contributed by atoms with E-state index in [1.807, 2.05) is 27.7 Å². The Morgan fingerprint density at radius 1 is 1.23 bits per heavy atom. The third-order valence-corrected chi connectivity index (χ3v) is 4.81. The molecule has 0 bridgehead atoms. The summed E-state index contributed by atoms with van der Waals surface area (Å²) in [6.07, 6.45) is 1.43. The molecule has 0 amide bonds. The number of hydrogen-bond donors (Lipinski definition) is 0. The van der Waals surface area contributed by atoms with Gasteiger partial charge in [0, 0.05) is 38.6 Å². The zero-order chi connectivity index (χ0) is 19.4. The van der Waals surface area contributed by atoms with E-state index in [9.17, 15) is 9.59 Å². The molecule has 1 aliphatic heterocycles. The minimum atomic E-state index is -0.347. The number of rotatable bonds is 7. The lowest BCUT2D eigenvalue weighted by atomic mass is 9.84. The van der Waals surface area contributed by atoms with Crippen LogP contribution < -0.4 is 11.2 Å². The van der Waals surface area contributed by atoms with E-state index in [1.165, 1.54) is 9.13 Å². The van der Waals surface area contributed by atoms with E-state index in [0.29, 0.717) is 43.5 Å². The Bertz CT molecular complexity index is 776. The van der Waals surface area contributed by atoms with Gasteiger partial charge in [-0.1, -0.05) is 13.8 Å². The number of hydrogen-bond acceptors (Lipinski definition) is 5. The summed E-state index contributed by atoms with van der Waals surface area (Å²) in [6, 6.07) is 0. The summed E-state index contributed by atoms with van der Waals surface area (Å²) in [4.78, 5) is 30.3. The summed E-state index contributed by atoms with van der Waals surface area (Å²) >= 11 is 0. The van der Waals surface area contributed by atoms with Crippen LogP contribution in [0.3, 0.4) is 0 Å².